The van der Waals surface area contributed by atoms with E-state index >= 15 is 0 Å². The van der Waals surface area contributed by atoms with E-state index < -0.39 is 10.0 Å². The average molecular weight is 300 g/mol. The molecule has 114 valence electrons. The summed E-state index contributed by atoms with van der Waals surface area (Å²) in [7, 11) is -1.94. The van der Waals surface area contributed by atoms with Crippen LogP contribution in [0.1, 0.15) is 30.4 Å². The third kappa shape index (κ3) is 3.71. The lowest BCUT2D eigenvalue weighted by molar-refractivity contribution is 0.281. The van der Waals surface area contributed by atoms with Gasteiger partial charge in [0, 0.05) is 25.9 Å². The van der Waals surface area contributed by atoms with Crippen molar-refractivity contribution in [3.63, 3.8) is 0 Å². The molecule has 0 spiro atoms. The van der Waals surface area contributed by atoms with Gasteiger partial charge < -0.3 is 10.8 Å². The fraction of sp³-hybridized carbons (Fsp3) is 0.571. The molecule has 0 fully saturated rings. The summed E-state index contributed by atoms with van der Waals surface area (Å²) in [6, 6.07) is 3.46. The van der Waals surface area contributed by atoms with Crippen LogP contribution in [0.4, 0.5) is 5.69 Å². The molecule has 0 amide bonds. The standard InChI is InChI=1S/C14H24N2O3S/c1-11-7-8-13(15)12(2)14(11)20(18,19)16(3)9-5-4-6-10-17/h7-8,17H,4-6,9-10,15H2,1-3H3. The minimum Gasteiger partial charge on any atom is -0.398 e. The Morgan fingerprint density at radius 3 is 2.45 bits per heavy atom. The van der Waals surface area contributed by atoms with Gasteiger partial charge in [-0.25, -0.2) is 12.7 Å². The van der Waals surface area contributed by atoms with Crippen LogP contribution < -0.4 is 5.73 Å². The Morgan fingerprint density at radius 1 is 1.20 bits per heavy atom. The molecule has 0 saturated heterocycles. The summed E-state index contributed by atoms with van der Waals surface area (Å²) >= 11 is 0. The van der Waals surface area contributed by atoms with E-state index in [0.29, 0.717) is 34.7 Å². The van der Waals surface area contributed by atoms with E-state index in [1.165, 1.54) is 4.31 Å². The molecule has 20 heavy (non-hydrogen) atoms. The quantitative estimate of drug-likeness (QED) is 0.592. The number of hydrogen-bond donors (Lipinski definition) is 2. The first-order valence-corrected chi connectivity index (χ1v) is 8.19. The van der Waals surface area contributed by atoms with Crippen molar-refractivity contribution in [1.82, 2.24) is 4.31 Å². The second-order valence-electron chi connectivity index (χ2n) is 5.04. The van der Waals surface area contributed by atoms with Gasteiger partial charge in [-0.05, 0) is 50.3 Å². The van der Waals surface area contributed by atoms with Crippen molar-refractivity contribution in [2.24, 2.45) is 0 Å². The summed E-state index contributed by atoms with van der Waals surface area (Å²) < 4.78 is 26.6. The fourth-order valence-corrected chi connectivity index (χ4v) is 3.80. The van der Waals surface area contributed by atoms with Crippen LogP contribution in [-0.4, -0.2) is 38.0 Å². The van der Waals surface area contributed by atoms with Gasteiger partial charge in [0.1, 0.15) is 0 Å². The highest BCUT2D eigenvalue weighted by molar-refractivity contribution is 7.89. The fourth-order valence-electron chi connectivity index (χ4n) is 2.14. The highest BCUT2D eigenvalue weighted by Gasteiger charge is 2.25. The minimum absolute atomic E-state index is 0.143. The number of hydrogen-bond acceptors (Lipinski definition) is 4. The topological polar surface area (TPSA) is 83.6 Å². The predicted octanol–water partition coefficient (Wildman–Crippen LogP) is 1.67. The van der Waals surface area contributed by atoms with Gasteiger partial charge >= 0.3 is 0 Å². The molecular weight excluding hydrogens is 276 g/mol. The molecule has 0 unspecified atom stereocenters. The molecule has 0 bridgehead atoms. The summed E-state index contributed by atoms with van der Waals surface area (Å²) in [5, 5.41) is 8.73. The molecule has 3 N–H and O–H groups in total. The van der Waals surface area contributed by atoms with Crippen molar-refractivity contribution in [1.29, 1.82) is 0 Å². The highest BCUT2D eigenvalue weighted by Crippen LogP contribution is 2.27. The number of sulfonamides is 1. The van der Waals surface area contributed by atoms with E-state index in [1.807, 2.05) is 0 Å². The van der Waals surface area contributed by atoms with Crippen LogP contribution in [0.3, 0.4) is 0 Å². The van der Waals surface area contributed by atoms with Crippen LogP contribution in [0.15, 0.2) is 17.0 Å². The SMILES string of the molecule is Cc1ccc(N)c(C)c1S(=O)(=O)N(C)CCCCCO. The maximum atomic E-state index is 12.6. The number of unbranched alkanes of at least 4 members (excludes halogenated alkanes) is 2. The molecule has 1 aromatic carbocycles. The second-order valence-corrected chi connectivity index (χ2v) is 7.02. The van der Waals surface area contributed by atoms with Gasteiger partial charge in [-0.15, -0.1) is 0 Å². The van der Waals surface area contributed by atoms with E-state index in [1.54, 1.807) is 33.0 Å². The van der Waals surface area contributed by atoms with Crippen LogP contribution in [0.2, 0.25) is 0 Å². The maximum Gasteiger partial charge on any atom is 0.243 e. The third-order valence-corrected chi connectivity index (χ3v) is 5.59. The van der Waals surface area contributed by atoms with Crippen molar-refractivity contribution in [2.45, 2.75) is 38.0 Å². The van der Waals surface area contributed by atoms with Gasteiger partial charge in [-0.2, -0.15) is 0 Å². The number of nitrogen functional groups attached to an aromatic ring is 1. The zero-order valence-electron chi connectivity index (χ0n) is 12.4. The van der Waals surface area contributed by atoms with E-state index in [9.17, 15) is 8.42 Å². The van der Waals surface area contributed by atoms with Crippen molar-refractivity contribution in [3.8, 4) is 0 Å². The van der Waals surface area contributed by atoms with Gasteiger partial charge in [0.15, 0.2) is 0 Å². The molecule has 0 saturated carbocycles. The predicted molar refractivity (Wildman–Crippen MR) is 81.1 cm³/mol. The van der Waals surface area contributed by atoms with Crippen LogP contribution in [0.25, 0.3) is 0 Å². The first-order valence-electron chi connectivity index (χ1n) is 6.75. The third-order valence-electron chi connectivity index (χ3n) is 3.44. The van der Waals surface area contributed by atoms with Crippen LogP contribution in [0.5, 0.6) is 0 Å². The lowest BCUT2D eigenvalue weighted by Crippen LogP contribution is -2.29. The molecule has 0 aliphatic rings. The summed E-state index contributed by atoms with van der Waals surface area (Å²) in [4.78, 5) is 0.308. The van der Waals surface area contributed by atoms with Gasteiger partial charge in [0.25, 0.3) is 0 Å². The molecule has 1 aromatic rings. The number of benzene rings is 1. The second kappa shape index (κ2) is 7.06. The Morgan fingerprint density at radius 2 is 1.85 bits per heavy atom. The first-order chi connectivity index (χ1) is 9.32. The molecule has 1 rings (SSSR count). The molecule has 6 heteroatoms. The average Bonchev–Trinajstić information content (AvgIpc) is 2.39. The normalized spacial score (nSPS) is 12.1. The van der Waals surface area contributed by atoms with E-state index in [-0.39, 0.29) is 6.61 Å². The lowest BCUT2D eigenvalue weighted by Gasteiger charge is -2.20. The van der Waals surface area contributed by atoms with Crippen molar-refractivity contribution in [3.05, 3.63) is 23.3 Å². The Kier molecular flexibility index (Phi) is 5.98. The minimum atomic E-state index is -3.52. The Bertz CT molecular complexity index is 556. The number of nitrogens with two attached hydrogens (primary N) is 1. The maximum absolute atomic E-state index is 12.6. The Hall–Kier alpha value is -1.11. The molecule has 5 nitrogen and oxygen atoms in total. The monoisotopic (exact) mass is 300 g/mol. The van der Waals surface area contributed by atoms with Crippen LogP contribution >= 0.6 is 0 Å². The molecule has 0 aromatic heterocycles. The zero-order valence-corrected chi connectivity index (χ0v) is 13.2. The van der Waals surface area contributed by atoms with E-state index in [2.05, 4.69) is 0 Å². The molecule has 0 atom stereocenters. The highest BCUT2D eigenvalue weighted by atomic mass is 32.2. The number of aliphatic hydroxyl groups excluding tert-OH is 1. The van der Waals surface area contributed by atoms with Crippen molar-refractivity contribution >= 4 is 15.7 Å². The first kappa shape index (κ1) is 16.9. The summed E-state index contributed by atoms with van der Waals surface area (Å²) in [6.07, 6.45) is 2.24. The number of nitrogens with zero attached hydrogens (tertiary/aromatic N) is 1. The van der Waals surface area contributed by atoms with Gasteiger partial charge in [-0.3, -0.25) is 0 Å². The summed E-state index contributed by atoms with van der Waals surface area (Å²) in [5.41, 5.74) is 7.62. The van der Waals surface area contributed by atoms with Gasteiger partial charge in [-0.1, -0.05) is 6.07 Å². The lowest BCUT2D eigenvalue weighted by atomic mass is 10.1. The van der Waals surface area contributed by atoms with Gasteiger partial charge in [0.2, 0.25) is 10.0 Å². The summed E-state index contributed by atoms with van der Waals surface area (Å²) in [6.45, 7) is 4.09. The van der Waals surface area contributed by atoms with Crippen LogP contribution in [-0.2, 0) is 10.0 Å². The molecule has 0 aliphatic carbocycles. The molecule has 0 aliphatic heterocycles. The van der Waals surface area contributed by atoms with Gasteiger partial charge in [0.05, 0.1) is 4.90 Å². The van der Waals surface area contributed by atoms with Crippen molar-refractivity contribution < 1.29 is 13.5 Å². The Labute approximate surface area is 121 Å². The summed E-state index contributed by atoms with van der Waals surface area (Å²) in [5.74, 6) is 0. The van der Waals surface area contributed by atoms with E-state index in [0.717, 1.165) is 12.8 Å². The molecule has 0 radical (unpaired) electrons. The number of aryl methyl sites for hydroxylation is 1. The largest absolute Gasteiger partial charge is 0.398 e. The molecule has 0 heterocycles. The van der Waals surface area contributed by atoms with Crippen LogP contribution in [0, 0.1) is 13.8 Å². The van der Waals surface area contributed by atoms with E-state index in [4.69, 9.17) is 10.8 Å². The Balaban J connectivity index is 2.96. The number of anilines is 1. The number of aliphatic hydroxyl groups is 1. The number of rotatable bonds is 7. The molecular formula is C14H24N2O3S. The zero-order chi connectivity index (χ0) is 15.3. The van der Waals surface area contributed by atoms with Crippen molar-refractivity contribution in [2.75, 3.05) is 25.9 Å². The smallest absolute Gasteiger partial charge is 0.243 e.